The van der Waals surface area contributed by atoms with Crippen molar-refractivity contribution in [2.45, 2.75) is 24.8 Å². The maximum Gasteiger partial charge on any atom is 0.289 e. The van der Waals surface area contributed by atoms with Gasteiger partial charge in [-0.3, -0.25) is 14.5 Å². The van der Waals surface area contributed by atoms with Crippen LogP contribution in [0, 0.1) is 0 Å². The topological polar surface area (TPSA) is 46.6 Å². The van der Waals surface area contributed by atoms with Gasteiger partial charge < -0.3 is 4.74 Å². The van der Waals surface area contributed by atoms with Crippen LogP contribution in [0.3, 0.4) is 0 Å². The van der Waals surface area contributed by atoms with Crippen molar-refractivity contribution in [1.82, 2.24) is 4.90 Å². The Kier molecular flexibility index (Phi) is 6.86. The standard InChI is InChI=1S/C24H19Cl2NO3S/c25-19-7-1-17(2-8-19)14-27-23(28)22(31-24(27)29)13-16-5-11-21(12-6-16)30-15-18-3-9-20(26)10-4-18/h1-12,22H,13-15H2/t22-/m1/s1. The highest BCUT2D eigenvalue weighted by Gasteiger charge is 2.39. The molecule has 1 atom stereocenters. The number of benzene rings is 3. The summed E-state index contributed by atoms with van der Waals surface area (Å²) in [7, 11) is 0. The van der Waals surface area contributed by atoms with Gasteiger partial charge in [-0.15, -0.1) is 0 Å². The van der Waals surface area contributed by atoms with Gasteiger partial charge >= 0.3 is 0 Å². The summed E-state index contributed by atoms with van der Waals surface area (Å²) < 4.78 is 5.80. The van der Waals surface area contributed by atoms with Crippen LogP contribution in [0.4, 0.5) is 4.79 Å². The van der Waals surface area contributed by atoms with E-state index in [4.69, 9.17) is 27.9 Å². The lowest BCUT2D eigenvalue weighted by Crippen LogP contribution is -2.31. The molecule has 3 aromatic carbocycles. The molecule has 0 N–H and O–H groups in total. The highest BCUT2D eigenvalue weighted by atomic mass is 35.5. The largest absolute Gasteiger partial charge is 0.489 e. The van der Waals surface area contributed by atoms with Crippen molar-refractivity contribution in [3.05, 3.63) is 99.5 Å². The Bertz CT molecular complexity index is 1070. The predicted octanol–water partition coefficient (Wildman–Crippen LogP) is 6.38. The molecule has 4 rings (SSSR count). The highest BCUT2D eigenvalue weighted by Crippen LogP contribution is 2.31. The molecule has 2 amide bonds. The number of rotatable bonds is 7. The second-order valence-electron chi connectivity index (χ2n) is 7.19. The zero-order valence-corrected chi connectivity index (χ0v) is 18.8. The number of halogens is 2. The Morgan fingerprint density at radius 1 is 0.774 bits per heavy atom. The van der Waals surface area contributed by atoms with Crippen LogP contribution >= 0.6 is 35.0 Å². The Balaban J connectivity index is 1.33. The number of thioether (sulfide) groups is 1. The van der Waals surface area contributed by atoms with Crippen LogP contribution in [-0.2, 0) is 24.4 Å². The van der Waals surface area contributed by atoms with Gasteiger partial charge in [-0.2, -0.15) is 0 Å². The molecule has 0 unspecified atom stereocenters. The van der Waals surface area contributed by atoms with Crippen molar-refractivity contribution < 1.29 is 14.3 Å². The Hall–Kier alpha value is -2.47. The van der Waals surface area contributed by atoms with Gasteiger partial charge in [0.25, 0.3) is 5.24 Å². The third-order valence-electron chi connectivity index (χ3n) is 4.92. The van der Waals surface area contributed by atoms with Gasteiger partial charge in [-0.25, -0.2) is 0 Å². The minimum atomic E-state index is -0.416. The lowest BCUT2D eigenvalue weighted by molar-refractivity contribution is -0.127. The summed E-state index contributed by atoms with van der Waals surface area (Å²) >= 11 is 12.9. The van der Waals surface area contributed by atoms with Crippen molar-refractivity contribution in [3.8, 4) is 5.75 Å². The zero-order chi connectivity index (χ0) is 21.8. The molecule has 0 aromatic heterocycles. The molecule has 1 heterocycles. The Morgan fingerprint density at radius 3 is 1.94 bits per heavy atom. The van der Waals surface area contributed by atoms with E-state index in [-0.39, 0.29) is 17.7 Å². The molecule has 0 aliphatic carbocycles. The van der Waals surface area contributed by atoms with E-state index in [1.165, 1.54) is 4.90 Å². The second kappa shape index (κ2) is 9.77. The lowest BCUT2D eigenvalue weighted by Gasteiger charge is -2.14. The molecule has 3 aromatic rings. The summed E-state index contributed by atoms with van der Waals surface area (Å²) in [6.45, 7) is 0.706. The van der Waals surface area contributed by atoms with E-state index in [0.29, 0.717) is 23.1 Å². The van der Waals surface area contributed by atoms with E-state index in [1.54, 1.807) is 12.1 Å². The van der Waals surface area contributed by atoms with Crippen molar-refractivity contribution in [2.75, 3.05) is 0 Å². The Labute approximate surface area is 195 Å². The molecule has 1 aliphatic heterocycles. The Morgan fingerprint density at radius 2 is 1.32 bits per heavy atom. The molecule has 0 spiro atoms. The number of carbonyl (C=O) groups is 2. The SMILES string of the molecule is O=C1S[C@H](Cc2ccc(OCc3ccc(Cl)cc3)cc2)C(=O)N1Cc1ccc(Cl)cc1. The van der Waals surface area contributed by atoms with Gasteiger partial charge in [0.2, 0.25) is 5.91 Å². The molecule has 7 heteroatoms. The fourth-order valence-electron chi connectivity index (χ4n) is 3.23. The number of amides is 2. The maximum atomic E-state index is 12.8. The minimum absolute atomic E-state index is 0.159. The molecule has 0 bridgehead atoms. The average Bonchev–Trinajstić information content (AvgIpc) is 3.03. The van der Waals surface area contributed by atoms with Crippen LogP contribution in [0.15, 0.2) is 72.8 Å². The van der Waals surface area contributed by atoms with Gasteiger partial charge in [-0.05, 0) is 59.5 Å². The van der Waals surface area contributed by atoms with Crippen molar-refractivity contribution >= 4 is 46.1 Å². The number of nitrogens with zero attached hydrogens (tertiary/aromatic N) is 1. The van der Waals surface area contributed by atoms with Crippen LogP contribution < -0.4 is 4.74 Å². The first kappa shape index (κ1) is 21.8. The van der Waals surface area contributed by atoms with E-state index < -0.39 is 5.25 Å². The van der Waals surface area contributed by atoms with Crippen molar-refractivity contribution in [3.63, 3.8) is 0 Å². The second-order valence-corrected chi connectivity index (χ2v) is 9.21. The number of ether oxygens (including phenoxy) is 1. The molecule has 4 nitrogen and oxygen atoms in total. The van der Waals surface area contributed by atoms with Gasteiger partial charge in [0.1, 0.15) is 12.4 Å². The molecule has 0 saturated carbocycles. The highest BCUT2D eigenvalue weighted by molar-refractivity contribution is 8.15. The zero-order valence-electron chi connectivity index (χ0n) is 16.5. The van der Waals surface area contributed by atoms with Crippen LogP contribution in [0.2, 0.25) is 10.0 Å². The van der Waals surface area contributed by atoms with Gasteiger partial charge in [-0.1, -0.05) is 71.4 Å². The molecule has 158 valence electrons. The van der Waals surface area contributed by atoms with E-state index in [9.17, 15) is 9.59 Å². The van der Waals surface area contributed by atoms with Crippen LogP contribution in [0.5, 0.6) is 5.75 Å². The normalized spacial score (nSPS) is 16.1. The van der Waals surface area contributed by atoms with Crippen molar-refractivity contribution in [2.24, 2.45) is 0 Å². The first-order valence-corrected chi connectivity index (χ1v) is 11.3. The molecule has 1 aliphatic rings. The molecule has 0 radical (unpaired) electrons. The molecular formula is C24H19Cl2NO3S. The van der Waals surface area contributed by atoms with Gasteiger partial charge in [0, 0.05) is 10.0 Å². The molecule has 1 saturated heterocycles. The number of carbonyl (C=O) groups excluding carboxylic acids is 2. The fourth-order valence-corrected chi connectivity index (χ4v) is 4.51. The predicted molar refractivity (Wildman–Crippen MR) is 125 cm³/mol. The first-order chi connectivity index (χ1) is 15.0. The monoisotopic (exact) mass is 471 g/mol. The lowest BCUT2D eigenvalue weighted by atomic mass is 10.1. The number of hydrogen-bond acceptors (Lipinski definition) is 4. The summed E-state index contributed by atoms with van der Waals surface area (Å²) in [6, 6.07) is 22.3. The van der Waals surface area contributed by atoms with Gasteiger partial charge in [0.15, 0.2) is 0 Å². The van der Waals surface area contributed by atoms with E-state index in [0.717, 1.165) is 34.2 Å². The summed E-state index contributed by atoms with van der Waals surface area (Å²) in [4.78, 5) is 26.4. The van der Waals surface area contributed by atoms with Crippen LogP contribution in [-0.4, -0.2) is 21.3 Å². The first-order valence-electron chi connectivity index (χ1n) is 9.70. The van der Waals surface area contributed by atoms with E-state index >= 15 is 0 Å². The third kappa shape index (κ3) is 5.62. The fraction of sp³-hybridized carbons (Fsp3) is 0.167. The van der Waals surface area contributed by atoms with E-state index in [1.807, 2.05) is 60.7 Å². The average molecular weight is 472 g/mol. The third-order valence-corrected chi connectivity index (χ3v) is 6.50. The smallest absolute Gasteiger partial charge is 0.289 e. The number of imide groups is 1. The van der Waals surface area contributed by atoms with Crippen LogP contribution in [0.25, 0.3) is 0 Å². The maximum absolute atomic E-state index is 12.8. The number of hydrogen-bond donors (Lipinski definition) is 0. The summed E-state index contributed by atoms with van der Waals surface area (Å²) in [6.07, 6.45) is 0.490. The van der Waals surface area contributed by atoms with Crippen LogP contribution in [0.1, 0.15) is 16.7 Å². The quantitative estimate of drug-likeness (QED) is 0.401. The summed E-state index contributed by atoms with van der Waals surface area (Å²) in [5.74, 6) is 0.581. The molecule has 1 fully saturated rings. The van der Waals surface area contributed by atoms with Crippen molar-refractivity contribution in [1.29, 1.82) is 0 Å². The minimum Gasteiger partial charge on any atom is -0.489 e. The summed E-state index contributed by atoms with van der Waals surface area (Å²) in [5.41, 5.74) is 2.88. The van der Waals surface area contributed by atoms with Gasteiger partial charge in [0.05, 0.1) is 11.8 Å². The van der Waals surface area contributed by atoms with E-state index in [2.05, 4.69) is 0 Å². The summed E-state index contributed by atoms with van der Waals surface area (Å²) in [5, 5.41) is 0.682. The molecular weight excluding hydrogens is 453 g/mol. The molecule has 31 heavy (non-hydrogen) atoms.